The molecule has 1 saturated heterocycles. The van der Waals surface area contributed by atoms with Crippen molar-refractivity contribution in [3.05, 3.63) is 0 Å². The van der Waals surface area contributed by atoms with E-state index in [1.807, 2.05) is 25.7 Å². The predicted molar refractivity (Wildman–Crippen MR) is 69.1 cm³/mol. The van der Waals surface area contributed by atoms with Crippen molar-refractivity contribution < 1.29 is 14.3 Å². The average Bonchev–Trinajstić information content (AvgIpc) is 2.71. The highest BCUT2D eigenvalue weighted by Gasteiger charge is 2.33. The SMILES string of the molecule is CNC(=O)CCN1CCC[C@@H]1C(=O)OC(C)(C)C. The number of hydrogen-bond acceptors (Lipinski definition) is 4. The summed E-state index contributed by atoms with van der Waals surface area (Å²) >= 11 is 0. The molecular formula is C13H24N2O3. The summed E-state index contributed by atoms with van der Waals surface area (Å²) in [6.45, 7) is 7.09. The molecule has 0 aromatic heterocycles. The molecule has 104 valence electrons. The van der Waals surface area contributed by atoms with Crippen LogP contribution in [0.5, 0.6) is 0 Å². The number of carbonyl (C=O) groups excluding carboxylic acids is 2. The monoisotopic (exact) mass is 256 g/mol. The molecule has 1 amide bonds. The number of hydrogen-bond donors (Lipinski definition) is 1. The van der Waals surface area contributed by atoms with Gasteiger partial charge in [-0.15, -0.1) is 0 Å². The van der Waals surface area contributed by atoms with Gasteiger partial charge in [-0.05, 0) is 40.2 Å². The molecule has 18 heavy (non-hydrogen) atoms. The van der Waals surface area contributed by atoms with E-state index >= 15 is 0 Å². The fraction of sp³-hybridized carbons (Fsp3) is 0.846. The summed E-state index contributed by atoms with van der Waals surface area (Å²) < 4.78 is 5.40. The van der Waals surface area contributed by atoms with Gasteiger partial charge < -0.3 is 10.1 Å². The van der Waals surface area contributed by atoms with Crippen molar-refractivity contribution in [2.45, 2.75) is 51.7 Å². The number of likely N-dealkylation sites (tertiary alicyclic amines) is 1. The van der Waals surface area contributed by atoms with Crippen molar-refractivity contribution in [1.82, 2.24) is 10.2 Å². The van der Waals surface area contributed by atoms with E-state index in [0.717, 1.165) is 19.4 Å². The normalized spacial score (nSPS) is 20.8. The summed E-state index contributed by atoms with van der Waals surface area (Å²) in [5.41, 5.74) is -0.452. The molecule has 5 heteroatoms. The van der Waals surface area contributed by atoms with Crippen LogP contribution >= 0.6 is 0 Å². The first kappa shape index (κ1) is 15.0. The first-order valence-electron chi connectivity index (χ1n) is 6.51. The smallest absolute Gasteiger partial charge is 0.323 e. The molecule has 1 heterocycles. The summed E-state index contributed by atoms with van der Waals surface area (Å²) in [5.74, 6) is -0.165. The van der Waals surface area contributed by atoms with Gasteiger partial charge in [0.2, 0.25) is 5.91 Å². The molecule has 1 atom stereocenters. The number of nitrogens with one attached hydrogen (secondary N) is 1. The quantitative estimate of drug-likeness (QED) is 0.760. The highest BCUT2D eigenvalue weighted by molar-refractivity contribution is 5.77. The summed E-state index contributed by atoms with van der Waals surface area (Å²) in [6, 6.07) is -0.186. The van der Waals surface area contributed by atoms with Crippen molar-refractivity contribution in [2.24, 2.45) is 0 Å². The maximum absolute atomic E-state index is 12.0. The second-order valence-corrected chi connectivity index (χ2v) is 5.65. The molecule has 1 N–H and O–H groups in total. The fourth-order valence-electron chi connectivity index (χ4n) is 2.10. The van der Waals surface area contributed by atoms with Gasteiger partial charge in [-0.1, -0.05) is 0 Å². The zero-order valence-electron chi connectivity index (χ0n) is 11.8. The van der Waals surface area contributed by atoms with Crippen LogP contribution in [0.3, 0.4) is 0 Å². The Balaban J connectivity index is 2.49. The zero-order chi connectivity index (χ0) is 13.8. The van der Waals surface area contributed by atoms with Crippen LogP contribution in [0, 0.1) is 0 Å². The number of carbonyl (C=O) groups is 2. The molecular weight excluding hydrogens is 232 g/mol. The van der Waals surface area contributed by atoms with E-state index in [2.05, 4.69) is 5.32 Å². The molecule has 0 aromatic carbocycles. The summed E-state index contributed by atoms with van der Waals surface area (Å²) in [7, 11) is 1.62. The van der Waals surface area contributed by atoms with Crippen LogP contribution in [0.15, 0.2) is 0 Å². The van der Waals surface area contributed by atoms with Gasteiger partial charge in [0.1, 0.15) is 11.6 Å². The summed E-state index contributed by atoms with van der Waals surface area (Å²) in [5, 5.41) is 2.59. The van der Waals surface area contributed by atoms with Gasteiger partial charge in [0.15, 0.2) is 0 Å². The third-order valence-corrected chi connectivity index (χ3v) is 2.95. The summed E-state index contributed by atoms with van der Waals surface area (Å²) in [4.78, 5) is 25.3. The molecule has 1 fully saturated rings. The van der Waals surface area contributed by atoms with E-state index in [1.54, 1.807) is 7.05 Å². The van der Waals surface area contributed by atoms with Crippen molar-refractivity contribution in [2.75, 3.05) is 20.1 Å². The van der Waals surface area contributed by atoms with Crippen molar-refractivity contribution >= 4 is 11.9 Å². The van der Waals surface area contributed by atoms with E-state index in [1.165, 1.54) is 0 Å². The average molecular weight is 256 g/mol. The molecule has 1 aliphatic heterocycles. The van der Waals surface area contributed by atoms with Crippen LogP contribution in [-0.2, 0) is 14.3 Å². The first-order valence-corrected chi connectivity index (χ1v) is 6.51. The van der Waals surface area contributed by atoms with E-state index in [-0.39, 0.29) is 17.9 Å². The molecule has 0 saturated carbocycles. The van der Waals surface area contributed by atoms with Crippen LogP contribution in [0.4, 0.5) is 0 Å². The minimum Gasteiger partial charge on any atom is -0.459 e. The summed E-state index contributed by atoms with van der Waals surface area (Å²) in [6.07, 6.45) is 2.23. The maximum atomic E-state index is 12.0. The van der Waals surface area contributed by atoms with Gasteiger partial charge in [-0.2, -0.15) is 0 Å². The van der Waals surface area contributed by atoms with Crippen LogP contribution in [0.25, 0.3) is 0 Å². The van der Waals surface area contributed by atoms with Gasteiger partial charge in [0, 0.05) is 20.0 Å². The molecule has 0 aliphatic carbocycles. The number of rotatable bonds is 4. The first-order chi connectivity index (χ1) is 8.33. The third-order valence-electron chi connectivity index (χ3n) is 2.95. The molecule has 0 unspecified atom stereocenters. The number of amides is 1. The Hall–Kier alpha value is -1.10. The van der Waals surface area contributed by atoms with Gasteiger partial charge in [-0.3, -0.25) is 14.5 Å². The molecule has 0 aromatic rings. The topological polar surface area (TPSA) is 58.6 Å². The Morgan fingerprint density at radius 1 is 1.39 bits per heavy atom. The Kier molecular flexibility index (Phi) is 5.14. The second-order valence-electron chi connectivity index (χ2n) is 5.65. The standard InChI is InChI=1S/C13H24N2O3/c1-13(2,3)18-12(17)10-6-5-8-15(10)9-7-11(16)14-4/h10H,5-9H2,1-4H3,(H,14,16)/t10-/m1/s1. The number of nitrogens with zero attached hydrogens (tertiary/aromatic N) is 1. The van der Waals surface area contributed by atoms with E-state index in [4.69, 9.17) is 4.74 Å². The number of esters is 1. The lowest BCUT2D eigenvalue weighted by Gasteiger charge is -2.27. The van der Waals surface area contributed by atoms with Crippen molar-refractivity contribution in [1.29, 1.82) is 0 Å². The number of ether oxygens (including phenoxy) is 1. The van der Waals surface area contributed by atoms with Crippen LogP contribution in [0.1, 0.15) is 40.0 Å². The van der Waals surface area contributed by atoms with Gasteiger partial charge >= 0.3 is 5.97 Å². The van der Waals surface area contributed by atoms with Gasteiger partial charge in [-0.25, -0.2) is 0 Å². The van der Waals surface area contributed by atoms with Crippen molar-refractivity contribution in [3.63, 3.8) is 0 Å². The minimum absolute atomic E-state index is 0.00448. The Morgan fingerprint density at radius 3 is 2.61 bits per heavy atom. The van der Waals surface area contributed by atoms with Crippen LogP contribution in [0.2, 0.25) is 0 Å². The molecule has 1 rings (SSSR count). The lowest BCUT2D eigenvalue weighted by molar-refractivity contribution is -0.160. The minimum atomic E-state index is -0.452. The van der Waals surface area contributed by atoms with Crippen LogP contribution < -0.4 is 5.32 Å². The maximum Gasteiger partial charge on any atom is 0.323 e. The Labute approximate surface area is 109 Å². The highest BCUT2D eigenvalue weighted by atomic mass is 16.6. The molecule has 0 spiro atoms. The van der Waals surface area contributed by atoms with Crippen molar-refractivity contribution in [3.8, 4) is 0 Å². The van der Waals surface area contributed by atoms with Crippen LogP contribution in [-0.4, -0.2) is 48.6 Å². The lowest BCUT2D eigenvalue weighted by atomic mass is 10.1. The molecule has 5 nitrogen and oxygen atoms in total. The largest absolute Gasteiger partial charge is 0.459 e. The molecule has 1 aliphatic rings. The van der Waals surface area contributed by atoms with Gasteiger partial charge in [0.25, 0.3) is 0 Å². The fourth-order valence-corrected chi connectivity index (χ4v) is 2.10. The Morgan fingerprint density at radius 2 is 2.06 bits per heavy atom. The predicted octanol–water partition coefficient (Wildman–Crippen LogP) is 0.929. The Bertz CT molecular complexity index is 310. The van der Waals surface area contributed by atoms with E-state index in [9.17, 15) is 9.59 Å². The highest BCUT2D eigenvalue weighted by Crippen LogP contribution is 2.21. The van der Waals surface area contributed by atoms with E-state index in [0.29, 0.717) is 13.0 Å². The third kappa shape index (κ3) is 4.64. The van der Waals surface area contributed by atoms with Gasteiger partial charge in [0.05, 0.1) is 0 Å². The zero-order valence-corrected chi connectivity index (χ0v) is 11.8. The molecule has 0 radical (unpaired) electrons. The van der Waals surface area contributed by atoms with E-state index < -0.39 is 5.60 Å². The molecule has 0 bridgehead atoms. The second kappa shape index (κ2) is 6.18. The lowest BCUT2D eigenvalue weighted by Crippen LogP contribution is -2.41.